The van der Waals surface area contributed by atoms with Crippen LogP contribution in [0.1, 0.15) is 230 Å². The monoisotopic (exact) mass is 940 g/mol. The van der Waals surface area contributed by atoms with Gasteiger partial charge in [0, 0.05) is 17.9 Å². The third-order valence-electron chi connectivity index (χ3n) is 12.9. The Bertz CT molecular complexity index is 1980. The molecule has 6 rings (SSSR count). The molecule has 66 heavy (non-hydrogen) atoms. The minimum absolute atomic E-state index is 0.0608. The van der Waals surface area contributed by atoms with Crippen molar-refractivity contribution in [3.8, 4) is 0 Å². The van der Waals surface area contributed by atoms with Crippen LogP contribution in [-0.4, -0.2) is 57.9 Å². The fourth-order valence-corrected chi connectivity index (χ4v) is 10.4. The van der Waals surface area contributed by atoms with Gasteiger partial charge in [0.05, 0.1) is 24.3 Å². The van der Waals surface area contributed by atoms with Gasteiger partial charge >= 0.3 is 11.9 Å². The number of nitrogens with one attached hydrogen (secondary N) is 1. The zero-order valence-electron chi connectivity index (χ0n) is 41.2. The predicted molar refractivity (Wildman–Crippen MR) is 253 cm³/mol. The molecule has 370 valence electrons. The van der Waals surface area contributed by atoms with Crippen molar-refractivity contribution in [1.29, 1.82) is 0 Å². The predicted octanol–water partition coefficient (Wildman–Crippen LogP) is 11.9. The number of hydrogen-bond donors (Lipinski definition) is 1. The molecule has 3 saturated carbocycles. The van der Waals surface area contributed by atoms with Gasteiger partial charge in [-0.2, -0.15) is 18.4 Å². The molecule has 0 spiro atoms. The molecule has 0 aliphatic heterocycles. The van der Waals surface area contributed by atoms with E-state index in [4.69, 9.17) is 22.7 Å². The van der Waals surface area contributed by atoms with Crippen molar-refractivity contribution < 1.29 is 40.7 Å². The zero-order chi connectivity index (χ0) is 47.6. The van der Waals surface area contributed by atoms with Crippen LogP contribution in [0.5, 0.6) is 0 Å². The van der Waals surface area contributed by atoms with Crippen LogP contribution in [0.4, 0.5) is 0 Å². The van der Waals surface area contributed by atoms with E-state index >= 15 is 0 Å². The van der Waals surface area contributed by atoms with Crippen molar-refractivity contribution in [3.05, 3.63) is 53.3 Å². The topological polar surface area (TPSA) is 186 Å². The maximum atomic E-state index is 12.5. The van der Waals surface area contributed by atoms with Gasteiger partial charge in [-0.25, -0.2) is 0 Å². The SMILES string of the molecule is CC(C)(C)OC(=O)C[C@@H](CCCC1CCCCC1)c1nc(CNC2CCCCC2)no1.Cc1ccc(S(=O)(=O)OCc2noc([C@H](CCCC3CCCCC3)CC(=O)OC(C)(C)C)n2)cc1. The summed E-state index contributed by atoms with van der Waals surface area (Å²) in [6.45, 7) is 13.4. The van der Waals surface area contributed by atoms with Gasteiger partial charge in [0.2, 0.25) is 11.8 Å². The molecule has 3 aliphatic rings. The van der Waals surface area contributed by atoms with E-state index < -0.39 is 21.3 Å². The van der Waals surface area contributed by atoms with Crippen LogP contribution in [0, 0.1) is 18.8 Å². The number of aromatic nitrogens is 4. The fraction of sp³-hybridized carbons (Fsp3) is 0.765. The quantitative estimate of drug-likeness (QED) is 0.0785. The molecule has 3 aliphatic carbocycles. The number of ether oxygens (including phenoxy) is 2. The molecule has 1 N–H and O–H groups in total. The molecule has 0 bridgehead atoms. The Morgan fingerprint density at radius 1 is 0.667 bits per heavy atom. The number of nitrogens with zero attached hydrogens (tertiary/aromatic N) is 4. The van der Waals surface area contributed by atoms with Crippen LogP contribution < -0.4 is 5.32 Å². The van der Waals surface area contributed by atoms with Crippen molar-refractivity contribution in [2.24, 2.45) is 11.8 Å². The highest BCUT2D eigenvalue weighted by molar-refractivity contribution is 7.86. The molecular weight excluding hydrogens is 859 g/mol. The fourth-order valence-electron chi connectivity index (χ4n) is 9.49. The summed E-state index contributed by atoms with van der Waals surface area (Å²) in [6.07, 6.45) is 26.1. The summed E-state index contributed by atoms with van der Waals surface area (Å²) in [5.74, 6) is 2.45. The molecular formula is C51H81N5O9S. The van der Waals surface area contributed by atoms with Gasteiger partial charge in [-0.05, 0) is 98.1 Å². The summed E-state index contributed by atoms with van der Waals surface area (Å²) < 4.78 is 52.2. The van der Waals surface area contributed by atoms with Crippen molar-refractivity contribution in [1.82, 2.24) is 25.6 Å². The molecule has 14 nitrogen and oxygen atoms in total. The lowest BCUT2D eigenvalue weighted by atomic mass is 9.84. The lowest BCUT2D eigenvalue weighted by molar-refractivity contribution is -0.156. The number of carbonyl (C=O) groups is 2. The first-order valence-electron chi connectivity index (χ1n) is 25.2. The Labute approximate surface area is 395 Å². The number of esters is 2. The van der Waals surface area contributed by atoms with Gasteiger partial charge in [0.15, 0.2) is 11.6 Å². The average Bonchev–Trinajstić information content (AvgIpc) is 3.95. The van der Waals surface area contributed by atoms with E-state index in [0.29, 0.717) is 36.6 Å². The lowest BCUT2D eigenvalue weighted by Crippen LogP contribution is -2.30. The summed E-state index contributed by atoms with van der Waals surface area (Å²) in [6, 6.07) is 6.96. The van der Waals surface area contributed by atoms with E-state index in [-0.39, 0.29) is 47.5 Å². The molecule has 0 amide bonds. The Kier molecular flexibility index (Phi) is 21.1. The van der Waals surface area contributed by atoms with E-state index in [9.17, 15) is 18.0 Å². The molecule has 2 atom stereocenters. The molecule has 0 unspecified atom stereocenters. The number of aryl methyl sites for hydroxylation is 1. The van der Waals surface area contributed by atoms with Crippen molar-refractivity contribution >= 4 is 22.1 Å². The summed E-state index contributed by atoms with van der Waals surface area (Å²) in [7, 11) is -3.95. The first-order valence-corrected chi connectivity index (χ1v) is 26.6. The van der Waals surface area contributed by atoms with Gasteiger partial charge in [0.1, 0.15) is 17.8 Å². The summed E-state index contributed by atoms with van der Waals surface area (Å²) in [5.41, 5.74) is -0.110. The van der Waals surface area contributed by atoms with Crippen LogP contribution in [0.3, 0.4) is 0 Å². The molecule has 3 aromatic rings. The van der Waals surface area contributed by atoms with Crippen LogP contribution >= 0.6 is 0 Å². The van der Waals surface area contributed by atoms with Crippen LogP contribution in [0.15, 0.2) is 38.2 Å². The Hall–Kier alpha value is -3.69. The highest BCUT2D eigenvalue weighted by Gasteiger charge is 2.29. The summed E-state index contributed by atoms with van der Waals surface area (Å²) in [4.78, 5) is 34.1. The Morgan fingerprint density at radius 2 is 1.11 bits per heavy atom. The minimum Gasteiger partial charge on any atom is -0.460 e. The Balaban J connectivity index is 0.000000249. The second kappa shape index (κ2) is 26.2. The summed E-state index contributed by atoms with van der Waals surface area (Å²) in [5, 5.41) is 11.7. The van der Waals surface area contributed by atoms with Crippen molar-refractivity contribution in [2.75, 3.05) is 0 Å². The number of rotatable bonds is 21. The van der Waals surface area contributed by atoms with E-state index in [1.807, 2.05) is 48.5 Å². The number of hydrogen-bond acceptors (Lipinski definition) is 14. The second-order valence-corrected chi connectivity index (χ2v) is 22.8. The van der Waals surface area contributed by atoms with Crippen LogP contribution in [0.25, 0.3) is 0 Å². The first kappa shape index (κ1) is 53.3. The zero-order valence-corrected chi connectivity index (χ0v) is 42.1. The minimum atomic E-state index is -3.95. The van der Waals surface area contributed by atoms with E-state index in [2.05, 4.69) is 25.6 Å². The maximum Gasteiger partial charge on any atom is 0.307 e. The highest BCUT2D eigenvalue weighted by atomic mass is 32.2. The van der Waals surface area contributed by atoms with E-state index in [1.54, 1.807) is 12.1 Å². The smallest absolute Gasteiger partial charge is 0.307 e. The third-order valence-corrected chi connectivity index (χ3v) is 14.2. The third kappa shape index (κ3) is 19.9. The second-order valence-electron chi connectivity index (χ2n) is 21.2. The standard InChI is InChI=1S/C26H38N2O6S.C25H43N3O3/c1-19-13-15-22(16-14-19)35(30,31)32-18-23-27-25(34-28-23)21(17-24(29)33-26(2,3)4)12-8-11-20-9-6-5-7-10-20;1-25(2,3)30-23(29)17-20(14-10-13-19-11-6-4-7-12-19)24-27-22(28-31-24)18-26-21-15-8-5-9-16-21/h13-16,20-21H,5-12,17-18H2,1-4H3;19-21,26H,4-18H2,1-3H3/t21-;20-/m11/s1. The van der Waals surface area contributed by atoms with Gasteiger partial charge < -0.3 is 23.8 Å². The van der Waals surface area contributed by atoms with Crippen molar-refractivity contribution in [2.45, 2.75) is 243 Å². The molecule has 2 aromatic heterocycles. The van der Waals surface area contributed by atoms with Gasteiger partial charge in [-0.3, -0.25) is 13.8 Å². The van der Waals surface area contributed by atoms with Crippen molar-refractivity contribution in [3.63, 3.8) is 0 Å². The molecule has 0 saturated heterocycles. The molecule has 3 fully saturated rings. The van der Waals surface area contributed by atoms with E-state index in [1.165, 1.54) is 115 Å². The average molecular weight is 940 g/mol. The molecule has 1 aromatic carbocycles. The molecule has 15 heteroatoms. The van der Waals surface area contributed by atoms with Gasteiger partial charge in [0.25, 0.3) is 10.1 Å². The molecule has 0 radical (unpaired) electrons. The first-order chi connectivity index (χ1) is 31.4. The molecule has 2 heterocycles. The van der Waals surface area contributed by atoms with Crippen LogP contribution in [0.2, 0.25) is 0 Å². The number of carbonyl (C=O) groups excluding carboxylic acids is 2. The highest BCUT2D eigenvalue weighted by Crippen LogP contribution is 2.34. The lowest BCUT2D eigenvalue weighted by Gasteiger charge is -2.23. The van der Waals surface area contributed by atoms with Crippen LogP contribution in [-0.2, 0) is 46.5 Å². The van der Waals surface area contributed by atoms with Gasteiger partial charge in [-0.1, -0.05) is 137 Å². The Morgan fingerprint density at radius 3 is 1.58 bits per heavy atom. The normalized spacial score (nSPS) is 18.0. The van der Waals surface area contributed by atoms with Gasteiger partial charge in [-0.15, -0.1) is 0 Å². The number of benzene rings is 1. The summed E-state index contributed by atoms with van der Waals surface area (Å²) >= 11 is 0. The largest absolute Gasteiger partial charge is 0.460 e. The maximum absolute atomic E-state index is 12.5. The van der Waals surface area contributed by atoms with E-state index in [0.717, 1.165) is 49.5 Å².